The molecule has 73 heavy (non-hydrogen) atoms. The Morgan fingerprint density at radius 3 is 1.38 bits per heavy atom. The van der Waals surface area contributed by atoms with Gasteiger partial charge in [-0.25, -0.2) is 9.97 Å². The lowest BCUT2D eigenvalue weighted by atomic mass is 9.76. The maximum Gasteiger partial charge on any atom is 0.0775 e. The normalized spacial score (nSPS) is 13.5. The molecule has 8 aromatic carbocycles. The average molecular weight is 1000 g/mol. The van der Waals surface area contributed by atoms with Crippen LogP contribution in [0.2, 0.25) is 26.2 Å². The molecule has 0 N–H and O–H groups in total. The first kappa shape index (κ1) is 47.2. The Kier molecular flexibility index (Phi) is 12.5. The molecule has 10 aromatic rings. The van der Waals surface area contributed by atoms with Crippen LogP contribution in [0.25, 0.3) is 55.1 Å². The third-order valence-electron chi connectivity index (χ3n) is 15.3. The van der Waals surface area contributed by atoms with Gasteiger partial charge in [-0.05, 0) is 200 Å². The Balaban J connectivity index is 0.892. The number of benzene rings is 8. The zero-order valence-corrected chi connectivity index (χ0v) is 46.6. The summed E-state index contributed by atoms with van der Waals surface area (Å²) in [4.78, 5) is 17.0. The second-order valence-corrected chi connectivity index (χ2v) is 30.0. The minimum absolute atomic E-state index is 0.234. The third-order valence-corrected chi connectivity index (χ3v) is 19.7. The zero-order chi connectivity index (χ0) is 50.0. The molecule has 0 unspecified atom stereocenters. The maximum absolute atomic E-state index is 5.48. The Hall–Kier alpha value is -6.78. The Labute approximate surface area is 439 Å². The molecule has 2 heterocycles. The number of rotatable bonds is 12. The summed E-state index contributed by atoms with van der Waals surface area (Å²) in [7, 11) is -1.67. The van der Waals surface area contributed by atoms with E-state index >= 15 is 0 Å². The first-order valence-electron chi connectivity index (χ1n) is 26.5. The van der Waals surface area contributed by atoms with Gasteiger partial charge in [-0.3, -0.25) is 0 Å². The number of aryl methyl sites for hydroxylation is 5. The molecular weight excluding hydrogens is 937 g/mol. The predicted octanol–water partition coefficient (Wildman–Crippen LogP) is 16.4. The van der Waals surface area contributed by atoms with Crippen LogP contribution in [0.4, 0.5) is 34.1 Å². The molecule has 0 spiro atoms. The smallest absolute Gasteiger partial charge is 0.0775 e. The van der Waals surface area contributed by atoms with Crippen LogP contribution < -0.4 is 20.2 Å². The van der Waals surface area contributed by atoms with Gasteiger partial charge in [0.2, 0.25) is 0 Å². The molecule has 0 aliphatic heterocycles. The summed E-state index contributed by atoms with van der Waals surface area (Å²) in [6, 6.07) is 64.2. The number of hydrogen-bond acceptors (Lipinski definition) is 5. The van der Waals surface area contributed by atoms with E-state index in [1.54, 1.807) is 0 Å². The largest absolute Gasteiger partial charge is 0.310 e. The molecule has 0 amide bonds. The molecule has 0 saturated heterocycles. The van der Waals surface area contributed by atoms with Crippen LogP contribution in [0.3, 0.4) is 0 Å². The summed E-state index contributed by atoms with van der Waals surface area (Å²) < 4.78 is 0. The highest BCUT2D eigenvalue weighted by atomic mass is 32.2. The van der Waals surface area contributed by atoms with Crippen molar-refractivity contribution in [2.45, 2.75) is 95.6 Å². The molecule has 0 atom stereocenters. The van der Waals surface area contributed by atoms with E-state index in [1.807, 2.05) is 11.8 Å². The van der Waals surface area contributed by atoms with Gasteiger partial charge < -0.3 is 9.80 Å². The van der Waals surface area contributed by atoms with Crippen LogP contribution in [0, 0.1) is 6.92 Å². The van der Waals surface area contributed by atoms with Gasteiger partial charge in [-0.15, -0.1) is 11.8 Å². The van der Waals surface area contributed by atoms with Gasteiger partial charge in [0.25, 0.3) is 0 Å². The van der Waals surface area contributed by atoms with Crippen molar-refractivity contribution < 1.29 is 0 Å². The fourth-order valence-electron chi connectivity index (χ4n) is 11.6. The monoisotopic (exact) mass is 1000 g/mol. The Bertz CT molecular complexity index is 3710. The molecule has 0 fully saturated rings. The molecule has 12 rings (SSSR count). The highest BCUT2D eigenvalue weighted by Crippen LogP contribution is 2.47. The standard InChI is InChI=1S/C66H64N4SSi2/c1-42(2)71-54-28-20-49(21-29-54)69(48-18-14-43(3)15-19-48)52-26-36-61-44(38-52)16-34-63(67-61)59-40-46-10-9-13-58-60(41-47-11-8-12-57(59)65(47)66(46)58)64-35-17-45-39-53(27-37-62(45)68-64)70(50-22-30-55(72-4)31-23-50)51-24-32-56(33-25-51)73(5,6)7/h14-42H,8-13,72H2,1-7H3. The second-order valence-electron chi connectivity index (χ2n) is 21.7. The minimum atomic E-state index is -1.44. The van der Waals surface area contributed by atoms with Crippen LogP contribution in [-0.2, 0) is 25.7 Å². The quantitative estimate of drug-likeness (QED) is 0.0899. The van der Waals surface area contributed by atoms with Crippen LogP contribution in [0.15, 0.2) is 175 Å². The average Bonchev–Trinajstić information content (AvgIpc) is 3.41. The van der Waals surface area contributed by atoms with Crippen molar-refractivity contribution in [3.63, 3.8) is 0 Å². The highest BCUT2D eigenvalue weighted by molar-refractivity contribution is 7.99. The first-order chi connectivity index (χ1) is 35.4. The maximum atomic E-state index is 5.48. The van der Waals surface area contributed by atoms with E-state index in [0.717, 1.165) is 94.5 Å². The second kappa shape index (κ2) is 19.2. The van der Waals surface area contributed by atoms with Gasteiger partial charge in [0.15, 0.2) is 0 Å². The van der Waals surface area contributed by atoms with Gasteiger partial charge in [-0.2, -0.15) is 0 Å². The van der Waals surface area contributed by atoms with E-state index in [0.29, 0.717) is 5.25 Å². The minimum Gasteiger partial charge on any atom is -0.310 e. The number of fused-ring (bicyclic) bond motifs is 2. The molecule has 2 aliphatic carbocycles. The summed E-state index contributed by atoms with van der Waals surface area (Å²) in [5.74, 6) is 0. The van der Waals surface area contributed by atoms with Crippen molar-refractivity contribution in [2.24, 2.45) is 0 Å². The molecule has 2 aliphatic rings. The molecule has 0 bridgehead atoms. The molecular formula is C66H64N4SSi2. The van der Waals surface area contributed by atoms with Crippen molar-refractivity contribution in [2.75, 3.05) is 9.80 Å². The predicted molar refractivity (Wildman–Crippen MR) is 322 cm³/mol. The first-order valence-corrected chi connectivity index (χ1v) is 33.0. The Morgan fingerprint density at radius 1 is 0.493 bits per heavy atom. The molecule has 2 aromatic heterocycles. The topological polar surface area (TPSA) is 32.3 Å². The van der Waals surface area contributed by atoms with Crippen molar-refractivity contribution in [1.29, 1.82) is 0 Å². The fourth-order valence-corrected chi connectivity index (χ4v) is 14.3. The van der Waals surface area contributed by atoms with Crippen molar-refractivity contribution in [1.82, 2.24) is 9.97 Å². The molecule has 7 heteroatoms. The number of pyridine rings is 2. The third kappa shape index (κ3) is 9.10. The number of nitrogens with zero attached hydrogens (tertiary/aromatic N) is 4. The van der Waals surface area contributed by atoms with Gasteiger partial charge >= 0.3 is 0 Å². The van der Waals surface area contributed by atoms with Crippen molar-refractivity contribution >= 4 is 106 Å². The van der Waals surface area contributed by atoms with Gasteiger partial charge in [0, 0.05) is 66.2 Å². The van der Waals surface area contributed by atoms with Gasteiger partial charge in [0.1, 0.15) is 0 Å². The summed E-state index contributed by atoms with van der Waals surface area (Å²) in [6.45, 7) is 16.2. The lowest BCUT2D eigenvalue weighted by molar-refractivity contribution is 0.788. The van der Waals surface area contributed by atoms with Crippen LogP contribution >= 0.6 is 11.8 Å². The lowest BCUT2D eigenvalue weighted by Crippen LogP contribution is -2.37. The number of hydrogen-bond donors (Lipinski definition) is 0. The van der Waals surface area contributed by atoms with Crippen LogP contribution in [0.5, 0.6) is 0 Å². The molecule has 4 nitrogen and oxygen atoms in total. The fraction of sp³-hybridized carbons (Fsp3) is 0.212. The summed E-state index contributed by atoms with van der Waals surface area (Å²) in [6.07, 6.45) is 6.56. The van der Waals surface area contributed by atoms with E-state index in [1.165, 1.54) is 76.4 Å². The van der Waals surface area contributed by atoms with E-state index in [-0.39, 0.29) is 9.52 Å². The van der Waals surface area contributed by atoms with Crippen LogP contribution in [-0.4, -0.2) is 32.8 Å². The lowest BCUT2D eigenvalue weighted by Gasteiger charge is -2.29. The van der Waals surface area contributed by atoms with E-state index in [2.05, 4.69) is 227 Å². The summed E-state index contributed by atoms with van der Waals surface area (Å²) >= 11 is 1.90. The Morgan fingerprint density at radius 2 is 0.932 bits per heavy atom. The number of thioether (sulfide) groups is 1. The zero-order valence-electron chi connectivity index (χ0n) is 43.4. The summed E-state index contributed by atoms with van der Waals surface area (Å²) in [5, 5.41) is 8.75. The van der Waals surface area contributed by atoms with Crippen molar-refractivity contribution in [3.8, 4) is 22.5 Å². The molecule has 0 radical (unpaired) electrons. The van der Waals surface area contributed by atoms with Crippen LogP contribution in [0.1, 0.15) is 54.5 Å². The SMILES string of the molecule is C[SiH2]c1ccc(N(c2ccc([Si](C)(C)C)cc2)c2ccc3nc(-c4cc5c6c(c(-c7ccc8cc(N(c9ccc(C)cc9)c9ccc(SC(C)C)cc9)ccc8n7)cc7c6c4CCC7)CCC5)ccc3c2)cc1. The summed E-state index contributed by atoms with van der Waals surface area (Å²) in [5.41, 5.74) is 20.8. The van der Waals surface area contributed by atoms with E-state index < -0.39 is 8.07 Å². The van der Waals surface area contributed by atoms with Gasteiger partial charge in [-0.1, -0.05) is 105 Å². The highest BCUT2D eigenvalue weighted by Gasteiger charge is 2.28. The molecule has 0 saturated carbocycles. The van der Waals surface area contributed by atoms with E-state index in [4.69, 9.17) is 9.97 Å². The number of aromatic nitrogens is 2. The van der Waals surface area contributed by atoms with E-state index in [9.17, 15) is 0 Å². The number of anilines is 6. The van der Waals surface area contributed by atoms with Crippen molar-refractivity contribution in [3.05, 3.63) is 198 Å². The molecule has 362 valence electrons. The van der Waals surface area contributed by atoms with Gasteiger partial charge in [0.05, 0.1) is 40.0 Å².